The van der Waals surface area contributed by atoms with Crippen LogP contribution in [0.4, 0.5) is 0 Å². The van der Waals surface area contributed by atoms with Crippen molar-refractivity contribution in [2.45, 2.75) is 0 Å². The minimum absolute atomic E-state index is 0.563. The van der Waals surface area contributed by atoms with Crippen LogP contribution in [0.15, 0.2) is 36.7 Å². The quantitative estimate of drug-likeness (QED) is 0.740. The zero-order chi connectivity index (χ0) is 10.7. The van der Waals surface area contributed by atoms with Crippen molar-refractivity contribution in [3.05, 3.63) is 42.4 Å². The first-order chi connectivity index (χ1) is 7.35. The lowest BCUT2D eigenvalue weighted by Crippen LogP contribution is -1.98. The largest absolute Gasteiger partial charge is 0.495 e. The van der Waals surface area contributed by atoms with Gasteiger partial charge in [0.1, 0.15) is 23.3 Å². The third-order valence-corrected chi connectivity index (χ3v) is 2.07. The summed E-state index contributed by atoms with van der Waals surface area (Å²) >= 11 is 0. The summed E-state index contributed by atoms with van der Waals surface area (Å²) in [4.78, 5) is 4.19. The fourth-order valence-electron chi connectivity index (χ4n) is 1.31. The topological polar surface area (TPSA) is 50.8 Å². The molecule has 0 spiro atoms. The molecule has 4 heteroatoms. The van der Waals surface area contributed by atoms with Gasteiger partial charge in [0.2, 0.25) is 0 Å². The number of methoxy groups -OCH3 is 1. The smallest absolute Gasteiger partial charge is 0.137 e. The molecule has 0 amide bonds. The van der Waals surface area contributed by atoms with Gasteiger partial charge >= 0.3 is 0 Å². The maximum atomic E-state index is 8.85. The lowest BCUT2D eigenvalue weighted by molar-refractivity contribution is 0.413. The standard InChI is InChI=1S/C11H9N3O/c1-15-10-4-5-11(13-8-10)14-6-2-3-9(14)7-12/h2-6,8H,1H3. The van der Waals surface area contributed by atoms with Crippen molar-refractivity contribution in [3.8, 4) is 17.6 Å². The molecule has 0 aliphatic carbocycles. The summed E-state index contributed by atoms with van der Waals surface area (Å²) in [5.41, 5.74) is 0.563. The van der Waals surface area contributed by atoms with E-state index in [-0.39, 0.29) is 0 Å². The normalized spacial score (nSPS) is 9.60. The Bertz CT molecular complexity index is 493. The molecular formula is C11H9N3O. The fraction of sp³-hybridized carbons (Fsp3) is 0.0909. The minimum atomic E-state index is 0.563. The van der Waals surface area contributed by atoms with Gasteiger partial charge in [-0.3, -0.25) is 4.57 Å². The Labute approximate surface area is 87.4 Å². The van der Waals surface area contributed by atoms with Crippen LogP contribution in [-0.4, -0.2) is 16.7 Å². The van der Waals surface area contributed by atoms with Crippen LogP contribution in [0.5, 0.6) is 5.75 Å². The van der Waals surface area contributed by atoms with Gasteiger partial charge in [-0.1, -0.05) is 0 Å². The third-order valence-electron chi connectivity index (χ3n) is 2.07. The van der Waals surface area contributed by atoms with Gasteiger partial charge in [-0.15, -0.1) is 0 Å². The van der Waals surface area contributed by atoms with E-state index in [0.717, 1.165) is 0 Å². The molecule has 0 radical (unpaired) electrons. The number of pyridine rings is 1. The number of ether oxygens (including phenoxy) is 1. The van der Waals surface area contributed by atoms with E-state index < -0.39 is 0 Å². The predicted molar refractivity (Wildman–Crippen MR) is 54.8 cm³/mol. The van der Waals surface area contributed by atoms with E-state index in [2.05, 4.69) is 11.1 Å². The SMILES string of the molecule is COc1ccc(-n2cccc2C#N)nc1. The van der Waals surface area contributed by atoms with Gasteiger partial charge in [-0.05, 0) is 24.3 Å². The molecule has 0 fully saturated rings. The summed E-state index contributed by atoms with van der Waals surface area (Å²) < 4.78 is 6.73. The van der Waals surface area contributed by atoms with E-state index in [9.17, 15) is 0 Å². The summed E-state index contributed by atoms with van der Waals surface area (Å²) in [5.74, 6) is 1.40. The average Bonchev–Trinajstić information content (AvgIpc) is 2.77. The van der Waals surface area contributed by atoms with Crippen LogP contribution in [0.25, 0.3) is 5.82 Å². The number of nitriles is 1. The van der Waals surface area contributed by atoms with Gasteiger partial charge in [0, 0.05) is 6.20 Å². The van der Waals surface area contributed by atoms with Crippen LogP contribution in [0.3, 0.4) is 0 Å². The molecule has 74 valence electrons. The summed E-state index contributed by atoms with van der Waals surface area (Å²) in [7, 11) is 1.59. The first kappa shape index (κ1) is 9.28. The Morgan fingerprint density at radius 2 is 2.27 bits per heavy atom. The zero-order valence-corrected chi connectivity index (χ0v) is 8.21. The minimum Gasteiger partial charge on any atom is -0.495 e. The highest BCUT2D eigenvalue weighted by Gasteiger charge is 2.02. The van der Waals surface area contributed by atoms with Crippen molar-refractivity contribution in [1.29, 1.82) is 5.26 Å². The Hall–Kier alpha value is -2.28. The lowest BCUT2D eigenvalue weighted by Gasteiger charge is -2.04. The number of nitrogens with zero attached hydrogens (tertiary/aromatic N) is 3. The number of hydrogen-bond donors (Lipinski definition) is 0. The van der Waals surface area contributed by atoms with Crippen molar-refractivity contribution in [2.24, 2.45) is 0 Å². The molecule has 4 nitrogen and oxygen atoms in total. The second-order valence-corrected chi connectivity index (χ2v) is 2.93. The lowest BCUT2D eigenvalue weighted by atomic mass is 10.4. The molecule has 0 saturated heterocycles. The molecule has 2 aromatic heterocycles. The van der Waals surface area contributed by atoms with Crippen molar-refractivity contribution in [1.82, 2.24) is 9.55 Å². The van der Waals surface area contributed by atoms with E-state index in [1.807, 2.05) is 12.1 Å². The molecule has 0 N–H and O–H groups in total. The molecule has 2 aromatic rings. The van der Waals surface area contributed by atoms with E-state index in [1.54, 1.807) is 36.2 Å². The maximum Gasteiger partial charge on any atom is 0.137 e. The van der Waals surface area contributed by atoms with E-state index >= 15 is 0 Å². The van der Waals surface area contributed by atoms with Crippen LogP contribution in [0.1, 0.15) is 5.69 Å². The second kappa shape index (κ2) is 3.84. The molecule has 0 unspecified atom stereocenters. The van der Waals surface area contributed by atoms with Gasteiger partial charge < -0.3 is 4.74 Å². The van der Waals surface area contributed by atoms with Crippen LogP contribution in [0, 0.1) is 11.3 Å². The van der Waals surface area contributed by atoms with Gasteiger partial charge in [0.05, 0.1) is 13.3 Å². The number of rotatable bonds is 2. The highest BCUT2D eigenvalue weighted by atomic mass is 16.5. The van der Waals surface area contributed by atoms with Gasteiger partial charge in [-0.25, -0.2) is 4.98 Å². The van der Waals surface area contributed by atoms with Crippen molar-refractivity contribution in [2.75, 3.05) is 7.11 Å². The molecule has 0 aliphatic rings. The maximum absolute atomic E-state index is 8.85. The Morgan fingerprint density at radius 3 is 2.87 bits per heavy atom. The van der Waals surface area contributed by atoms with E-state index in [4.69, 9.17) is 10.00 Å². The molecule has 0 atom stereocenters. The van der Waals surface area contributed by atoms with Crippen LogP contribution in [-0.2, 0) is 0 Å². The summed E-state index contributed by atoms with van der Waals surface area (Å²) in [6.07, 6.45) is 3.42. The highest BCUT2D eigenvalue weighted by Crippen LogP contribution is 2.13. The summed E-state index contributed by atoms with van der Waals surface area (Å²) in [5, 5.41) is 8.85. The van der Waals surface area contributed by atoms with Crippen LogP contribution >= 0.6 is 0 Å². The van der Waals surface area contributed by atoms with Gasteiger partial charge in [0.25, 0.3) is 0 Å². The number of hydrogen-bond acceptors (Lipinski definition) is 3. The van der Waals surface area contributed by atoms with Crippen molar-refractivity contribution < 1.29 is 4.74 Å². The third kappa shape index (κ3) is 1.67. The number of aromatic nitrogens is 2. The average molecular weight is 199 g/mol. The van der Waals surface area contributed by atoms with Gasteiger partial charge in [0.15, 0.2) is 0 Å². The van der Waals surface area contributed by atoms with Crippen molar-refractivity contribution >= 4 is 0 Å². The Kier molecular flexibility index (Phi) is 2.38. The zero-order valence-electron chi connectivity index (χ0n) is 8.21. The molecule has 0 aromatic carbocycles. The summed E-state index contributed by atoms with van der Waals surface area (Å²) in [6, 6.07) is 9.26. The van der Waals surface area contributed by atoms with E-state index in [1.165, 1.54) is 0 Å². The van der Waals surface area contributed by atoms with Gasteiger partial charge in [-0.2, -0.15) is 5.26 Å². The van der Waals surface area contributed by atoms with E-state index in [0.29, 0.717) is 17.3 Å². The molecule has 15 heavy (non-hydrogen) atoms. The highest BCUT2D eigenvalue weighted by molar-refractivity contribution is 5.35. The monoisotopic (exact) mass is 199 g/mol. The second-order valence-electron chi connectivity index (χ2n) is 2.93. The molecule has 2 heterocycles. The Balaban J connectivity index is 2.42. The van der Waals surface area contributed by atoms with Crippen LogP contribution < -0.4 is 4.74 Å². The molecule has 0 aliphatic heterocycles. The van der Waals surface area contributed by atoms with Crippen LogP contribution in [0.2, 0.25) is 0 Å². The fourth-order valence-corrected chi connectivity index (χ4v) is 1.31. The molecular weight excluding hydrogens is 190 g/mol. The Morgan fingerprint density at radius 1 is 1.40 bits per heavy atom. The first-order valence-corrected chi connectivity index (χ1v) is 4.43. The molecule has 2 rings (SSSR count). The molecule has 0 saturated carbocycles. The van der Waals surface area contributed by atoms with Crippen molar-refractivity contribution in [3.63, 3.8) is 0 Å². The predicted octanol–water partition coefficient (Wildman–Crippen LogP) is 1.75. The first-order valence-electron chi connectivity index (χ1n) is 4.43. The molecule has 0 bridgehead atoms. The summed E-state index contributed by atoms with van der Waals surface area (Å²) in [6.45, 7) is 0.